The Hall–Kier alpha value is -2.22. The number of rotatable bonds is 3. The van der Waals surface area contributed by atoms with Crippen molar-refractivity contribution >= 4 is 5.57 Å². The number of hydrogen-bond donors (Lipinski definition) is 0. The maximum atomic E-state index is 4.33. The van der Waals surface area contributed by atoms with E-state index in [-0.39, 0.29) is 5.41 Å². The summed E-state index contributed by atoms with van der Waals surface area (Å²) in [4.78, 5) is 4.51. The van der Waals surface area contributed by atoms with Crippen molar-refractivity contribution < 1.29 is 0 Å². The highest BCUT2D eigenvalue weighted by atomic mass is 15.2. The summed E-state index contributed by atoms with van der Waals surface area (Å²) in [6, 6.07) is 8.85. The van der Waals surface area contributed by atoms with Gasteiger partial charge in [-0.1, -0.05) is 64.3 Å². The minimum Gasteiger partial charge on any atom is -0.373 e. The third-order valence-corrected chi connectivity index (χ3v) is 5.04. The highest BCUT2D eigenvalue weighted by Gasteiger charge is 2.19. The SMILES string of the molecule is C=C(C)N1CCCN(C)/C(=C/C=C(\C)c2cccc(C(C)(C)C)c2)C1=C. The van der Waals surface area contributed by atoms with E-state index < -0.39 is 0 Å². The molecule has 0 bridgehead atoms. The van der Waals surface area contributed by atoms with Crippen molar-refractivity contribution in [2.45, 2.75) is 46.5 Å². The fourth-order valence-electron chi connectivity index (χ4n) is 3.26. The van der Waals surface area contributed by atoms with Crippen molar-refractivity contribution in [1.29, 1.82) is 0 Å². The molecule has 0 amide bonds. The zero-order valence-corrected chi connectivity index (χ0v) is 17.4. The zero-order valence-electron chi connectivity index (χ0n) is 17.4. The van der Waals surface area contributed by atoms with Gasteiger partial charge < -0.3 is 9.80 Å². The summed E-state index contributed by atoms with van der Waals surface area (Å²) in [5, 5.41) is 0. The van der Waals surface area contributed by atoms with Crippen molar-refractivity contribution in [2.75, 3.05) is 20.1 Å². The molecular formula is C24H34N2. The van der Waals surface area contributed by atoms with E-state index in [2.05, 4.69) is 94.1 Å². The predicted octanol–water partition coefficient (Wildman–Crippen LogP) is 5.96. The minimum absolute atomic E-state index is 0.159. The van der Waals surface area contributed by atoms with Crippen LogP contribution in [-0.2, 0) is 5.41 Å². The van der Waals surface area contributed by atoms with E-state index in [0.29, 0.717) is 0 Å². The van der Waals surface area contributed by atoms with E-state index in [1.165, 1.54) is 16.7 Å². The first-order valence-electron chi connectivity index (χ1n) is 9.44. The van der Waals surface area contributed by atoms with Gasteiger partial charge in [0.2, 0.25) is 0 Å². The average Bonchev–Trinajstić information content (AvgIpc) is 2.70. The molecule has 2 nitrogen and oxygen atoms in total. The lowest BCUT2D eigenvalue weighted by Crippen LogP contribution is -2.22. The molecule has 1 aromatic carbocycles. The number of allylic oxidation sites excluding steroid dienone is 4. The molecule has 1 aromatic rings. The van der Waals surface area contributed by atoms with Crippen LogP contribution in [0.2, 0.25) is 0 Å². The fraction of sp³-hybridized carbons (Fsp3) is 0.417. The van der Waals surface area contributed by atoms with Crippen LogP contribution >= 0.6 is 0 Å². The average molecular weight is 351 g/mol. The summed E-state index contributed by atoms with van der Waals surface area (Å²) in [6.07, 6.45) is 5.51. The molecule has 0 radical (unpaired) electrons. The standard InChI is InChI=1S/C24H34N2/c1-18(2)26-16-10-15-25(8)23(20(26)4)14-13-19(3)21-11-9-12-22(17-21)24(5,6)7/h9,11-14,17H,1,4,10,15-16H2,2-3,5-8H3/b19-13+,23-14+. The number of likely N-dealkylation sites (N-methyl/N-ethyl adjacent to an activating group) is 1. The molecule has 0 atom stereocenters. The topological polar surface area (TPSA) is 6.48 Å². The van der Waals surface area contributed by atoms with Crippen LogP contribution in [0.4, 0.5) is 0 Å². The molecule has 0 saturated carbocycles. The third-order valence-electron chi connectivity index (χ3n) is 5.04. The van der Waals surface area contributed by atoms with Gasteiger partial charge in [0.25, 0.3) is 0 Å². The lowest BCUT2D eigenvalue weighted by Gasteiger charge is -2.27. The monoisotopic (exact) mass is 350 g/mol. The Bertz CT molecular complexity index is 744. The van der Waals surface area contributed by atoms with E-state index >= 15 is 0 Å². The van der Waals surface area contributed by atoms with E-state index in [1.54, 1.807) is 0 Å². The second-order valence-corrected chi connectivity index (χ2v) is 8.34. The summed E-state index contributed by atoms with van der Waals surface area (Å²) in [5.74, 6) is 0. The number of benzene rings is 1. The van der Waals surface area contributed by atoms with Gasteiger partial charge in [0, 0.05) is 25.8 Å². The van der Waals surface area contributed by atoms with E-state index in [1.807, 2.05) is 6.92 Å². The van der Waals surface area contributed by atoms with Crippen LogP contribution in [0.15, 0.2) is 66.7 Å². The Balaban J connectivity index is 2.35. The van der Waals surface area contributed by atoms with Crippen molar-refractivity contribution in [3.63, 3.8) is 0 Å². The molecule has 26 heavy (non-hydrogen) atoms. The second-order valence-electron chi connectivity index (χ2n) is 8.34. The highest BCUT2D eigenvalue weighted by molar-refractivity contribution is 5.66. The Morgan fingerprint density at radius 3 is 2.46 bits per heavy atom. The van der Waals surface area contributed by atoms with Crippen LogP contribution in [0.5, 0.6) is 0 Å². The fourth-order valence-corrected chi connectivity index (χ4v) is 3.26. The molecule has 1 aliphatic rings. The molecule has 0 aliphatic carbocycles. The Morgan fingerprint density at radius 2 is 1.85 bits per heavy atom. The van der Waals surface area contributed by atoms with Crippen LogP contribution in [0.3, 0.4) is 0 Å². The summed E-state index contributed by atoms with van der Waals surface area (Å²) >= 11 is 0. The maximum absolute atomic E-state index is 4.33. The number of hydrogen-bond acceptors (Lipinski definition) is 2. The predicted molar refractivity (Wildman–Crippen MR) is 115 cm³/mol. The van der Waals surface area contributed by atoms with Crippen LogP contribution in [-0.4, -0.2) is 29.9 Å². The van der Waals surface area contributed by atoms with Crippen LogP contribution in [0.1, 0.15) is 52.2 Å². The Labute approximate surface area is 160 Å². The molecule has 0 N–H and O–H groups in total. The van der Waals surface area contributed by atoms with Gasteiger partial charge in [-0.2, -0.15) is 0 Å². The molecule has 1 heterocycles. The summed E-state index contributed by atoms with van der Waals surface area (Å²) in [5.41, 5.74) is 7.30. The largest absolute Gasteiger partial charge is 0.373 e. The van der Waals surface area contributed by atoms with Gasteiger partial charge in [-0.05, 0) is 48.5 Å². The van der Waals surface area contributed by atoms with Crippen LogP contribution in [0, 0.1) is 0 Å². The molecule has 140 valence electrons. The molecule has 0 aromatic heterocycles. The van der Waals surface area contributed by atoms with Gasteiger partial charge in [-0.15, -0.1) is 0 Å². The van der Waals surface area contributed by atoms with Gasteiger partial charge in [0.15, 0.2) is 0 Å². The molecule has 0 spiro atoms. The normalized spacial score (nSPS) is 18.3. The summed E-state index contributed by atoms with van der Waals surface area (Å²) < 4.78 is 0. The molecular weight excluding hydrogens is 316 g/mol. The maximum Gasteiger partial charge on any atom is 0.0598 e. The van der Waals surface area contributed by atoms with Gasteiger partial charge in [-0.25, -0.2) is 0 Å². The second kappa shape index (κ2) is 7.99. The van der Waals surface area contributed by atoms with Crippen molar-refractivity contribution in [2.24, 2.45) is 0 Å². The molecule has 1 aliphatic heterocycles. The van der Waals surface area contributed by atoms with Crippen molar-refractivity contribution in [3.05, 3.63) is 77.8 Å². The van der Waals surface area contributed by atoms with E-state index in [0.717, 1.165) is 36.6 Å². The molecule has 1 saturated heterocycles. The first kappa shape index (κ1) is 20.1. The highest BCUT2D eigenvalue weighted by Crippen LogP contribution is 2.27. The Morgan fingerprint density at radius 1 is 1.15 bits per heavy atom. The quantitative estimate of drug-likeness (QED) is 0.664. The first-order chi connectivity index (χ1) is 12.1. The zero-order chi connectivity index (χ0) is 19.5. The van der Waals surface area contributed by atoms with E-state index in [9.17, 15) is 0 Å². The summed E-state index contributed by atoms with van der Waals surface area (Å²) in [6.45, 7) is 21.4. The van der Waals surface area contributed by atoms with Gasteiger partial charge >= 0.3 is 0 Å². The third kappa shape index (κ3) is 4.69. The van der Waals surface area contributed by atoms with Crippen molar-refractivity contribution in [3.8, 4) is 0 Å². The number of nitrogens with zero attached hydrogens (tertiary/aromatic N) is 2. The van der Waals surface area contributed by atoms with Gasteiger partial charge in [0.1, 0.15) is 0 Å². The smallest absolute Gasteiger partial charge is 0.0598 e. The van der Waals surface area contributed by atoms with Crippen molar-refractivity contribution in [1.82, 2.24) is 9.80 Å². The minimum atomic E-state index is 0.159. The molecule has 2 heteroatoms. The lowest BCUT2D eigenvalue weighted by atomic mass is 9.85. The Kier molecular flexibility index (Phi) is 6.17. The molecule has 2 rings (SSSR count). The van der Waals surface area contributed by atoms with Gasteiger partial charge in [-0.3, -0.25) is 0 Å². The molecule has 0 unspecified atom stereocenters. The summed E-state index contributed by atoms with van der Waals surface area (Å²) in [7, 11) is 2.14. The van der Waals surface area contributed by atoms with E-state index in [4.69, 9.17) is 0 Å². The molecule has 1 fully saturated rings. The van der Waals surface area contributed by atoms with Crippen LogP contribution < -0.4 is 0 Å². The van der Waals surface area contributed by atoms with Crippen LogP contribution in [0.25, 0.3) is 5.57 Å². The van der Waals surface area contributed by atoms with Gasteiger partial charge in [0.05, 0.1) is 11.4 Å². The lowest BCUT2D eigenvalue weighted by molar-refractivity contribution is 0.428. The first-order valence-corrected chi connectivity index (χ1v) is 9.44.